The number of ether oxygens (including phenoxy) is 4. The van der Waals surface area contributed by atoms with Gasteiger partial charge in [0.25, 0.3) is 6.10 Å². The van der Waals surface area contributed by atoms with Crippen LogP contribution in [0.2, 0.25) is 0 Å². The molecule has 0 aliphatic rings. The van der Waals surface area contributed by atoms with Crippen LogP contribution in [0.5, 0.6) is 0 Å². The van der Waals surface area contributed by atoms with Gasteiger partial charge in [0.2, 0.25) is 0 Å². The summed E-state index contributed by atoms with van der Waals surface area (Å²) in [5, 5.41) is 0. The summed E-state index contributed by atoms with van der Waals surface area (Å²) < 4.78 is 203. The smallest absolute Gasteiger partial charge is 0.460 e. The molecule has 0 fully saturated rings. The molecule has 0 aromatic heterocycles. The first kappa shape index (κ1) is 47.9. The number of carbonyl (C=O) groups is 4. The first-order chi connectivity index (χ1) is 21.7. The molecule has 8 nitrogen and oxygen atoms in total. The zero-order valence-corrected chi connectivity index (χ0v) is 26.2. The molecule has 290 valence electrons. The van der Waals surface area contributed by atoms with E-state index in [-0.39, 0.29) is 0 Å². The maximum Gasteiger partial charge on any atom is 0.460 e. The molecule has 1 unspecified atom stereocenters. The van der Waals surface area contributed by atoms with E-state index in [0.717, 1.165) is 0 Å². The van der Waals surface area contributed by atoms with Gasteiger partial charge in [0, 0.05) is 0 Å². The second kappa shape index (κ2) is 18.2. The Morgan fingerprint density at radius 1 is 0.612 bits per heavy atom. The van der Waals surface area contributed by atoms with Gasteiger partial charge < -0.3 is 18.9 Å². The van der Waals surface area contributed by atoms with E-state index in [0.29, 0.717) is 12.8 Å². The van der Waals surface area contributed by atoms with Crippen molar-refractivity contribution in [1.82, 2.24) is 0 Å². The van der Waals surface area contributed by atoms with Crippen LogP contribution in [0.3, 0.4) is 0 Å². The highest BCUT2D eigenvalue weighted by Gasteiger charge is 2.81. The number of alkyl halides is 15. The van der Waals surface area contributed by atoms with Crippen LogP contribution in [0.4, 0.5) is 65.9 Å². The Kier molecular flexibility index (Phi) is 17.8. The van der Waals surface area contributed by atoms with Crippen molar-refractivity contribution in [2.75, 3.05) is 19.8 Å². The fraction of sp³-hybridized carbons (Fsp3) is 0.846. The molecule has 0 saturated heterocycles. The van der Waals surface area contributed by atoms with Gasteiger partial charge in [0.15, 0.2) is 0 Å². The third-order valence-corrected chi connectivity index (χ3v) is 6.27. The van der Waals surface area contributed by atoms with E-state index in [4.69, 9.17) is 4.74 Å². The number of hydrogen-bond acceptors (Lipinski definition) is 8. The average Bonchev–Trinajstić information content (AvgIpc) is 2.93. The summed E-state index contributed by atoms with van der Waals surface area (Å²) in [4.78, 5) is 45.0. The fourth-order valence-corrected chi connectivity index (χ4v) is 2.55. The summed E-state index contributed by atoms with van der Waals surface area (Å²) in [7, 11) is 0. The predicted octanol–water partition coefficient (Wildman–Crippen LogP) is 7.76. The van der Waals surface area contributed by atoms with Gasteiger partial charge in [-0.3, -0.25) is 19.2 Å². The summed E-state index contributed by atoms with van der Waals surface area (Å²) >= 11 is 0. The first-order valence-corrected chi connectivity index (χ1v) is 13.7. The molecule has 0 aromatic rings. The summed E-state index contributed by atoms with van der Waals surface area (Å²) in [6.07, 6.45) is -25.6. The van der Waals surface area contributed by atoms with E-state index in [9.17, 15) is 85.0 Å². The maximum atomic E-state index is 13.2. The summed E-state index contributed by atoms with van der Waals surface area (Å²) in [5.41, 5.74) is -0.860. The number of esters is 4. The van der Waals surface area contributed by atoms with E-state index in [2.05, 4.69) is 14.2 Å². The van der Waals surface area contributed by atoms with E-state index < -0.39 is 117 Å². The van der Waals surface area contributed by atoms with Crippen molar-refractivity contribution >= 4 is 23.9 Å². The standard InChI is InChI=1S/C15H19F9O4.C11H14F6O4/c1-4-11(2,3)10(26)28-7-5-9(25)27-8-6-12(16,17)13(18,19)14(20,21)15(22,23)24;1-3-6(2)8(19)20-5-4-7(18)21-9(10(12,13)14)11(15,16)17/h4-8H2,1-3H3;6,9H,3-5H2,1-2H3. The number of hydrogen-bond donors (Lipinski definition) is 0. The van der Waals surface area contributed by atoms with Crippen LogP contribution in [-0.2, 0) is 38.1 Å². The molecule has 23 heteroatoms. The third kappa shape index (κ3) is 15.1. The molecule has 0 aliphatic heterocycles. The lowest BCUT2D eigenvalue weighted by Gasteiger charge is -2.33. The molecule has 0 spiro atoms. The normalized spacial score (nSPS) is 14.0. The minimum atomic E-state index is -6.99. The van der Waals surface area contributed by atoms with Crippen LogP contribution in [-0.4, -0.2) is 86.1 Å². The lowest BCUT2D eigenvalue weighted by Crippen LogP contribution is -2.61. The molecule has 0 N–H and O–H groups in total. The van der Waals surface area contributed by atoms with E-state index in [1.165, 1.54) is 6.92 Å². The van der Waals surface area contributed by atoms with Gasteiger partial charge in [-0.25, -0.2) is 0 Å². The molecule has 0 bridgehead atoms. The second-order valence-corrected chi connectivity index (χ2v) is 10.6. The van der Waals surface area contributed by atoms with Crippen molar-refractivity contribution in [2.24, 2.45) is 11.3 Å². The summed E-state index contributed by atoms with van der Waals surface area (Å²) in [6, 6.07) is 0. The van der Waals surface area contributed by atoms with Gasteiger partial charge >= 0.3 is 60.2 Å². The van der Waals surface area contributed by atoms with Crippen LogP contribution in [0.1, 0.15) is 66.7 Å². The molecular weight excluding hydrogens is 725 g/mol. The average molecular weight is 759 g/mol. The largest absolute Gasteiger partial charge is 0.465 e. The van der Waals surface area contributed by atoms with E-state index in [1.807, 2.05) is 0 Å². The van der Waals surface area contributed by atoms with Crippen molar-refractivity contribution in [3.8, 4) is 0 Å². The molecule has 0 radical (unpaired) electrons. The Hall–Kier alpha value is -3.17. The zero-order chi connectivity index (χ0) is 39.4. The Bertz CT molecular complexity index is 1070. The Morgan fingerprint density at radius 2 is 1.06 bits per heavy atom. The monoisotopic (exact) mass is 758 g/mol. The molecule has 0 amide bonds. The summed E-state index contributed by atoms with van der Waals surface area (Å²) in [5.74, 6) is -24.5. The highest BCUT2D eigenvalue weighted by molar-refractivity contribution is 5.76. The SMILES string of the molecule is CCC(C)(C)C(=O)OCCC(=O)OCCC(F)(F)C(F)(F)C(F)(F)C(F)(F)F.CCC(C)C(=O)OCCC(=O)OC(C(F)(F)F)C(F)(F)F. The van der Waals surface area contributed by atoms with Crippen LogP contribution in [0.25, 0.3) is 0 Å². The molecular formula is C26H33F15O8. The van der Waals surface area contributed by atoms with Gasteiger partial charge in [0.05, 0.1) is 37.2 Å². The van der Waals surface area contributed by atoms with Gasteiger partial charge in [-0.1, -0.05) is 20.8 Å². The topological polar surface area (TPSA) is 105 Å². The van der Waals surface area contributed by atoms with E-state index >= 15 is 0 Å². The highest BCUT2D eigenvalue weighted by atomic mass is 19.4. The van der Waals surface area contributed by atoms with Crippen LogP contribution >= 0.6 is 0 Å². The number of rotatable bonds is 16. The molecule has 0 aliphatic carbocycles. The van der Waals surface area contributed by atoms with E-state index in [1.54, 1.807) is 27.7 Å². The molecule has 0 rings (SSSR count). The van der Waals surface area contributed by atoms with Crippen LogP contribution in [0, 0.1) is 11.3 Å². The molecule has 0 saturated carbocycles. The fourth-order valence-electron chi connectivity index (χ4n) is 2.55. The predicted molar refractivity (Wildman–Crippen MR) is 133 cm³/mol. The lowest BCUT2D eigenvalue weighted by molar-refractivity contribution is -0.397. The van der Waals surface area contributed by atoms with Gasteiger partial charge in [0.1, 0.15) is 13.2 Å². The highest BCUT2D eigenvalue weighted by Crippen LogP contribution is 2.54. The molecule has 0 heterocycles. The number of halogens is 15. The van der Waals surface area contributed by atoms with Crippen molar-refractivity contribution in [1.29, 1.82) is 0 Å². The second-order valence-electron chi connectivity index (χ2n) is 10.6. The zero-order valence-electron chi connectivity index (χ0n) is 26.2. The molecule has 1 atom stereocenters. The summed E-state index contributed by atoms with van der Waals surface area (Å²) in [6.45, 7) is 5.25. The third-order valence-electron chi connectivity index (χ3n) is 6.27. The van der Waals surface area contributed by atoms with Gasteiger partial charge in [-0.15, -0.1) is 0 Å². The molecule has 0 aromatic carbocycles. The van der Waals surface area contributed by atoms with Crippen molar-refractivity contribution in [3.63, 3.8) is 0 Å². The number of carbonyl (C=O) groups excluding carboxylic acids is 4. The van der Waals surface area contributed by atoms with Gasteiger partial charge in [-0.2, -0.15) is 65.9 Å². The van der Waals surface area contributed by atoms with Crippen molar-refractivity contribution in [2.45, 2.75) is 109 Å². The van der Waals surface area contributed by atoms with Crippen molar-refractivity contribution in [3.05, 3.63) is 0 Å². The van der Waals surface area contributed by atoms with Gasteiger partial charge in [-0.05, 0) is 26.7 Å². The Labute approximate surface area is 268 Å². The van der Waals surface area contributed by atoms with Crippen LogP contribution in [0.15, 0.2) is 0 Å². The van der Waals surface area contributed by atoms with Crippen molar-refractivity contribution < 1.29 is 104 Å². The maximum absolute atomic E-state index is 13.2. The first-order valence-electron chi connectivity index (χ1n) is 13.7. The Morgan fingerprint density at radius 3 is 1.47 bits per heavy atom. The lowest BCUT2D eigenvalue weighted by atomic mass is 9.91. The quantitative estimate of drug-likeness (QED) is 0.0895. The molecule has 49 heavy (non-hydrogen) atoms. The minimum absolute atomic E-state index is 0.405. The van der Waals surface area contributed by atoms with Crippen LogP contribution < -0.4 is 0 Å². The Balaban J connectivity index is 0. The minimum Gasteiger partial charge on any atom is -0.465 e.